The van der Waals surface area contributed by atoms with E-state index in [1.54, 1.807) is 7.11 Å². The summed E-state index contributed by atoms with van der Waals surface area (Å²) in [5.41, 5.74) is 0. The van der Waals surface area contributed by atoms with Gasteiger partial charge in [0.25, 0.3) is 0 Å². The third-order valence-electron chi connectivity index (χ3n) is 5.53. The van der Waals surface area contributed by atoms with Gasteiger partial charge in [-0.25, -0.2) is 9.67 Å². The molecule has 1 atom stereocenters. The summed E-state index contributed by atoms with van der Waals surface area (Å²) in [6.07, 6.45) is 7.40. The predicted octanol–water partition coefficient (Wildman–Crippen LogP) is 1.79. The highest BCUT2D eigenvalue weighted by Crippen LogP contribution is 2.21. The summed E-state index contributed by atoms with van der Waals surface area (Å²) in [5.74, 6) is 2.73. The molecule has 0 spiro atoms. The summed E-state index contributed by atoms with van der Waals surface area (Å²) < 4.78 is 7.15. The number of rotatable bonds is 8. The molecular weight excluding hydrogens is 469 g/mol. The smallest absolute Gasteiger partial charge is 0.191 e. The van der Waals surface area contributed by atoms with Crippen LogP contribution in [0.25, 0.3) is 0 Å². The van der Waals surface area contributed by atoms with E-state index in [0.717, 1.165) is 62.7 Å². The van der Waals surface area contributed by atoms with Crippen LogP contribution in [-0.4, -0.2) is 71.5 Å². The number of likely N-dealkylation sites (N-methyl/N-ethyl adjacent to an activating group) is 1. The van der Waals surface area contributed by atoms with Crippen LogP contribution in [0.15, 0.2) is 4.99 Å². The minimum Gasteiger partial charge on any atom is -0.377 e. The summed E-state index contributed by atoms with van der Waals surface area (Å²) in [4.78, 5) is 11.8. The van der Waals surface area contributed by atoms with E-state index < -0.39 is 0 Å². The zero-order valence-electron chi connectivity index (χ0n) is 17.5. The number of hydrogen-bond acceptors (Lipinski definition) is 5. The molecule has 1 aliphatic heterocycles. The number of aromatic nitrogens is 3. The number of methoxy groups -OCH3 is 1. The number of nitrogens with one attached hydrogen (secondary N) is 2. The molecule has 0 saturated heterocycles. The Morgan fingerprint density at radius 3 is 2.82 bits per heavy atom. The Morgan fingerprint density at radius 2 is 2.11 bits per heavy atom. The quantitative estimate of drug-likeness (QED) is 0.319. The Hall–Kier alpha value is -0.940. The molecule has 9 heteroatoms. The maximum atomic E-state index is 5.14. The van der Waals surface area contributed by atoms with Crippen LogP contribution in [-0.2, 0) is 24.3 Å². The number of nitrogens with zero attached hydrogens (tertiary/aromatic N) is 5. The molecule has 3 rings (SSSR count). The van der Waals surface area contributed by atoms with Gasteiger partial charge in [-0.05, 0) is 33.2 Å². The van der Waals surface area contributed by atoms with Crippen LogP contribution in [0.3, 0.4) is 0 Å². The van der Waals surface area contributed by atoms with Crippen molar-refractivity contribution in [2.75, 3.05) is 33.8 Å². The third kappa shape index (κ3) is 6.55. The van der Waals surface area contributed by atoms with Gasteiger partial charge in [0.1, 0.15) is 12.4 Å². The Morgan fingerprint density at radius 1 is 1.32 bits per heavy atom. The first-order valence-corrected chi connectivity index (χ1v) is 10.4. The highest BCUT2D eigenvalue weighted by atomic mass is 127. The number of halogens is 1. The van der Waals surface area contributed by atoms with Crippen LogP contribution < -0.4 is 10.6 Å². The summed E-state index contributed by atoms with van der Waals surface area (Å²) in [6.45, 7) is 6.09. The molecule has 2 aliphatic rings. The molecule has 2 N–H and O–H groups in total. The van der Waals surface area contributed by atoms with Crippen molar-refractivity contribution in [2.24, 2.45) is 4.99 Å². The van der Waals surface area contributed by atoms with Crippen molar-refractivity contribution in [1.29, 1.82) is 0 Å². The molecule has 1 saturated carbocycles. The summed E-state index contributed by atoms with van der Waals surface area (Å²) >= 11 is 0. The lowest BCUT2D eigenvalue weighted by Crippen LogP contribution is -2.47. The predicted molar refractivity (Wildman–Crippen MR) is 122 cm³/mol. The van der Waals surface area contributed by atoms with E-state index >= 15 is 0 Å². The monoisotopic (exact) mass is 505 g/mol. The minimum atomic E-state index is 0. The lowest BCUT2D eigenvalue weighted by atomic mass is 10.1. The van der Waals surface area contributed by atoms with Gasteiger partial charge in [-0.3, -0.25) is 4.99 Å². The van der Waals surface area contributed by atoms with E-state index in [2.05, 4.69) is 39.6 Å². The number of fused-ring (bicyclic) bond motifs is 1. The van der Waals surface area contributed by atoms with Crippen LogP contribution in [0, 0.1) is 0 Å². The summed E-state index contributed by atoms with van der Waals surface area (Å²) in [6, 6.07) is 1.07. The van der Waals surface area contributed by atoms with Crippen molar-refractivity contribution >= 4 is 29.9 Å². The van der Waals surface area contributed by atoms with Crippen molar-refractivity contribution in [1.82, 2.24) is 30.3 Å². The van der Waals surface area contributed by atoms with E-state index in [4.69, 9.17) is 9.73 Å². The van der Waals surface area contributed by atoms with Crippen molar-refractivity contribution in [2.45, 2.75) is 70.7 Å². The van der Waals surface area contributed by atoms with Gasteiger partial charge in [0.05, 0.1) is 13.1 Å². The normalized spacial score (nSPS) is 20.1. The average molecular weight is 505 g/mol. The first kappa shape index (κ1) is 23.3. The zero-order chi connectivity index (χ0) is 19.1. The molecule has 0 aromatic carbocycles. The van der Waals surface area contributed by atoms with Gasteiger partial charge < -0.3 is 20.3 Å². The number of aliphatic imine (C=N–C) groups is 1. The van der Waals surface area contributed by atoms with E-state index in [-0.39, 0.29) is 24.0 Å². The average Bonchev–Trinajstić information content (AvgIpc) is 3.31. The highest BCUT2D eigenvalue weighted by Gasteiger charge is 2.22. The molecule has 1 unspecified atom stereocenters. The van der Waals surface area contributed by atoms with Gasteiger partial charge in [-0.15, -0.1) is 24.0 Å². The minimum absolute atomic E-state index is 0. The molecule has 1 fully saturated rings. The van der Waals surface area contributed by atoms with Crippen molar-refractivity contribution < 1.29 is 4.74 Å². The first-order valence-electron chi connectivity index (χ1n) is 10.4. The topological polar surface area (TPSA) is 79.6 Å². The largest absolute Gasteiger partial charge is 0.377 e. The number of hydrogen-bond donors (Lipinski definition) is 2. The molecule has 0 bridgehead atoms. The molecule has 1 aromatic heterocycles. The molecule has 1 aliphatic carbocycles. The van der Waals surface area contributed by atoms with Crippen LogP contribution in [0.1, 0.15) is 50.7 Å². The molecular formula is C19H36IN7O. The standard InChI is InChI=1S/C19H35N7O.HI/c1-4-20-19(21-11-12-25(2)16-7-5-6-8-16)22-15-9-10-18-23-17(14-27-3)24-26(18)13-15;/h15-16H,4-14H2,1-3H3,(H2,20,21,22);1H. The Balaban J connectivity index is 0.00000280. The van der Waals surface area contributed by atoms with E-state index in [1.807, 2.05) is 4.68 Å². The molecule has 2 heterocycles. The van der Waals surface area contributed by atoms with Gasteiger partial charge >= 0.3 is 0 Å². The number of ether oxygens (including phenoxy) is 1. The second-order valence-corrected chi connectivity index (χ2v) is 7.62. The molecule has 160 valence electrons. The van der Waals surface area contributed by atoms with Crippen molar-refractivity contribution in [3.05, 3.63) is 11.6 Å². The SMILES string of the molecule is CCNC(=NCCN(C)C1CCCC1)NC1CCc2nc(COC)nn2C1.I. The van der Waals surface area contributed by atoms with Gasteiger partial charge in [0.2, 0.25) is 0 Å². The zero-order valence-corrected chi connectivity index (χ0v) is 19.8. The second-order valence-electron chi connectivity index (χ2n) is 7.62. The van der Waals surface area contributed by atoms with Crippen LogP contribution in [0.2, 0.25) is 0 Å². The lowest BCUT2D eigenvalue weighted by Gasteiger charge is -2.26. The number of guanidine groups is 1. The first-order chi connectivity index (χ1) is 13.2. The van der Waals surface area contributed by atoms with Crippen molar-refractivity contribution in [3.8, 4) is 0 Å². The second kappa shape index (κ2) is 11.9. The molecule has 1 aromatic rings. The van der Waals surface area contributed by atoms with Crippen molar-refractivity contribution in [3.63, 3.8) is 0 Å². The van der Waals surface area contributed by atoms with E-state index in [1.165, 1.54) is 25.7 Å². The highest BCUT2D eigenvalue weighted by molar-refractivity contribution is 14.0. The molecule has 8 nitrogen and oxygen atoms in total. The van der Waals surface area contributed by atoms with E-state index in [9.17, 15) is 0 Å². The summed E-state index contributed by atoms with van der Waals surface area (Å²) in [7, 11) is 3.91. The summed E-state index contributed by atoms with van der Waals surface area (Å²) in [5, 5.41) is 11.5. The van der Waals surface area contributed by atoms with Crippen LogP contribution >= 0.6 is 24.0 Å². The van der Waals surface area contributed by atoms with Crippen LogP contribution in [0.4, 0.5) is 0 Å². The fourth-order valence-corrected chi connectivity index (χ4v) is 4.03. The fourth-order valence-electron chi connectivity index (χ4n) is 4.03. The Labute approximate surface area is 185 Å². The lowest BCUT2D eigenvalue weighted by molar-refractivity contribution is 0.177. The van der Waals surface area contributed by atoms with Gasteiger partial charge in [-0.1, -0.05) is 12.8 Å². The van der Waals surface area contributed by atoms with Crippen LogP contribution in [0.5, 0.6) is 0 Å². The maximum absolute atomic E-state index is 5.14. The van der Waals surface area contributed by atoms with Gasteiger partial charge in [0, 0.05) is 38.7 Å². The fraction of sp³-hybridized carbons (Fsp3) is 0.842. The van der Waals surface area contributed by atoms with Gasteiger partial charge in [-0.2, -0.15) is 5.10 Å². The maximum Gasteiger partial charge on any atom is 0.191 e. The number of aryl methyl sites for hydroxylation is 1. The van der Waals surface area contributed by atoms with Gasteiger partial charge in [0.15, 0.2) is 11.8 Å². The Kier molecular flexibility index (Phi) is 9.93. The van der Waals surface area contributed by atoms with E-state index in [0.29, 0.717) is 12.6 Å². The molecule has 0 amide bonds. The Bertz CT molecular complexity index is 615. The third-order valence-corrected chi connectivity index (χ3v) is 5.53. The molecule has 0 radical (unpaired) electrons. The molecule has 28 heavy (non-hydrogen) atoms.